The van der Waals surface area contributed by atoms with Crippen molar-refractivity contribution < 1.29 is 9.18 Å². The zero-order chi connectivity index (χ0) is 22.8. The highest BCUT2D eigenvalue weighted by Crippen LogP contribution is 2.26. The van der Waals surface area contributed by atoms with Crippen LogP contribution in [0.2, 0.25) is 0 Å². The van der Waals surface area contributed by atoms with E-state index in [1.165, 1.54) is 43.1 Å². The number of rotatable bonds is 4. The number of amides is 1. The lowest BCUT2D eigenvalue weighted by Crippen LogP contribution is -2.37. The van der Waals surface area contributed by atoms with Crippen molar-refractivity contribution in [2.45, 2.75) is 32.2 Å². The van der Waals surface area contributed by atoms with E-state index in [0.29, 0.717) is 11.4 Å². The number of carbonyl (C=O) groups is 1. The Labute approximate surface area is 182 Å². The number of hydrogen-bond donors (Lipinski definition) is 1. The van der Waals surface area contributed by atoms with Crippen LogP contribution in [0, 0.1) is 5.82 Å². The minimum absolute atomic E-state index is 0.00325. The summed E-state index contributed by atoms with van der Waals surface area (Å²) < 4.78 is 18.6. The molecule has 2 aromatic heterocycles. The van der Waals surface area contributed by atoms with Crippen molar-refractivity contribution in [3.63, 3.8) is 0 Å². The minimum atomic E-state index is -0.614. The molecule has 1 aromatic carbocycles. The van der Waals surface area contributed by atoms with Gasteiger partial charge in [-0.15, -0.1) is 10.2 Å². The van der Waals surface area contributed by atoms with E-state index >= 15 is 0 Å². The Balaban J connectivity index is 1.57. The molecule has 0 saturated heterocycles. The molecule has 0 unspecified atom stereocenters. The van der Waals surface area contributed by atoms with Gasteiger partial charge in [-0.05, 0) is 37.1 Å². The highest BCUT2D eigenvalue weighted by molar-refractivity contribution is 6.02. The Morgan fingerprint density at radius 2 is 1.97 bits per heavy atom. The van der Waals surface area contributed by atoms with E-state index in [4.69, 9.17) is 0 Å². The molecule has 0 atom stereocenters. The number of aryl methyl sites for hydroxylation is 2. The van der Waals surface area contributed by atoms with Crippen molar-refractivity contribution in [2.24, 2.45) is 14.1 Å². The summed E-state index contributed by atoms with van der Waals surface area (Å²) in [5, 5.41) is 11.0. The molecule has 1 N–H and O–H groups in total. The van der Waals surface area contributed by atoms with E-state index < -0.39 is 23.0 Å². The highest BCUT2D eigenvalue weighted by atomic mass is 19.1. The molecule has 1 aliphatic heterocycles. The van der Waals surface area contributed by atoms with Gasteiger partial charge in [0, 0.05) is 44.9 Å². The number of nitrogens with zero attached hydrogens (tertiary/aromatic N) is 5. The number of anilines is 1. The van der Waals surface area contributed by atoms with Crippen molar-refractivity contribution in [2.75, 3.05) is 5.32 Å². The quantitative estimate of drug-likeness (QED) is 0.627. The zero-order valence-electron chi connectivity index (χ0n) is 17.8. The van der Waals surface area contributed by atoms with E-state index in [-0.39, 0.29) is 11.3 Å². The van der Waals surface area contributed by atoms with Gasteiger partial charge in [0.25, 0.3) is 5.56 Å². The van der Waals surface area contributed by atoms with Gasteiger partial charge in [-0.25, -0.2) is 9.18 Å². The summed E-state index contributed by atoms with van der Waals surface area (Å²) in [5.74, 6) is 0.344. The van der Waals surface area contributed by atoms with Gasteiger partial charge in [0.2, 0.25) is 5.91 Å². The van der Waals surface area contributed by atoms with Crippen LogP contribution < -0.4 is 16.6 Å². The first kappa shape index (κ1) is 21.4. The number of carbonyl (C=O) groups excluding carboxylic acids is 1. The maximum atomic E-state index is 14.4. The van der Waals surface area contributed by atoms with Crippen LogP contribution in [0.4, 0.5) is 10.1 Å². The average molecular weight is 438 g/mol. The summed E-state index contributed by atoms with van der Waals surface area (Å²) in [4.78, 5) is 36.3. The van der Waals surface area contributed by atoms with Gasteiger partial charge >= 0.3 is 5.69 Å². The molecule has 0 radical (unpaired) electrons. The minimum Gasteiger partial charge on any atom is -0.320 e. The normalized spacial score (nSPS) is 13.7. The fourth-order valence-electron chi connectivity index (χ4n) is 3.75. The molecule has 0 fully saturated rings. The van der Waals surface area contributed by atoms with Crippen LogP contribution in [0.15, 0.2) is 40.1 Å². The van der Waals surface area contributed by atoms with E-state index in [0.717, 1.165) is 48.7 Å². The molecular weight excluding hydrogens is 415 g/mol. The number of halogens is 1. The first-order chi connectivity index (χ1) is 15.3. The van der Waals surface area contributed by atoms with Crippen LogP contribution in [0.5, 0.6) is 0 Å². The number of nitrogens with one attached hydrogen (secondary N) is 1. The lowest BCUT2D eigenvalue weighted by Gasteiger charge is -2.10. The van der Waals surface area contributed by atoms with Crippen LogP contribution in [0.1, 0.15) is 30.7 Å². The second kappa shape index (κ2) is 8.74. The topological polar surface area (TPSA) is 104 Å². The predicted octanol–water partition coefficient (Wildman–Crippen LogP) is 1.86. The molecule has 3 aromatic rings. The fourth-order valence-corrected chi connectivity index (χ4v) is 3.75. The average Bonchev–Trinajstić information content (AvgIpc) is 3.03. The van der Waals surface area contributed by atoms with Crippen LogP contribution in [0.3, 0.4) is 0 Å². The third kappa shape index (κ3) is 4.16. The Morgan fingerprint density at radius 3 is 2.78 bits per heavy atom. The molecule has 1 amide bonds. The SMILES string of the molecule is Cn1cc(/C=C/C(=O)Nc2cc(-c3nnc4n3CCCCC4)ccc2F)c(=O)n(C)c1=O. The molecule has 0 spiro atoms. The predicted molar refractivity (Wildman–Crippen MR) is 118 cm³/mol. The second-order valence-corrected chi connectivity index (χ2v) is 7.76. The Morgan fingerprint density at radius 1 is 1.16 bits per heavy atom. The Kier molecular flexibility index (Phi) is 5.85. The van der Waals surface area contributed by atoms with Gasteiger partial charge in [0.15, 0.2) is 5.82 Å². The lowest BCUT2D eigenvalue weighted by molar-refractivity contribution is -0.111. The van der Waals surface area contributed by atoms with Crippen molar-refractivity contribution in [3.05, 3.63) is 68.5 Å². The highest BCUT2D eigenvalue weighted by Gasteiger charge is 2.17. The molecule has 3 heterocycles. The largest absolute Gasteiger partial charge is 0.330 e. The monoisotopic (exact) mass is 438 g/mol. The molecule has 0 bridgehead atoms. The number of benzene rings is 1. The Bertz CT molecular complexity index is 1330. The van der Waals surface area contributed by atoms with Gasteiger partial charge < -0.3 is 14.5 Å². The van der Waals surface area contributed by atoms with Crippen molar-refractivity contribution in [1.82, 2.24) is 23.9 Å². The summed E-state index contributed by atoms with van der Waals surface area (Å²) in [6.45, 7) is 0.800. The van der Waals surface area contributed by atoms with Gasteiger partial charge in [-0.3, -0.25) is 14.2 Å². The Hall–Kier alpha value is -3.82. The van der Waals surface area contributed by atoms with E-state index in [1.807, 2.05) is 4.57 Å². The first-order valence-corrected chi connectivity index (χ1v) is 10.3. The summed E-state index contributed by atoms with van der Waals surface area (Å²) in [6, 6.07) is 4.40. The third-order valence-electron chi connectivity index (χ3n) is 5.48. The molecule has 1 aliphatic rings. The summed E-state index contributed by atoms with van der Waals surface area (Å²) >= 11 is 0. The lowest BCUT2D eigenvalue weighted by atomic mass is 10.1. The van der Waals surface area contributed by atoms with Gasteiger partial charge in [0.05, 0.1) is 11.3 Å². The van der Waals surface area contributed by atoms with E-state index in [1.54, 1.807) is 6.07 Å². The zero-order valence-corrected chi connectivity index (χ0v) is 17.8. The summed E-state index contributed by atoms with van der Waals surface area (Å²) in [7, 11) is 2.86. The fraction of sp³-hybridized carbons (Fsp3) is 0.318. The van der Waals surface area contributed by atoms with Crippen molar-refractivity contribution >= 4 is 17.7 Å². The molecular formula is C22H23FN6O3. The van der Waals surface area contributed by atoms with E-state index in [9.17, 15) is 18.8 Å². The standard InChI is InChI=1S/C22H23FN6O3/c1-27-13-15(21(31)28(2)22(27)32)8-10-19(30)24-17-12-14(7-9-16(17)23)20-26-25-18-6-4-3-5-11-29(18)20/h7-10,12-13H,3-6,11H2,1-2H3,(H,24,30)/b10-8+. The third-order valence-corrected chi connectivity index (χ3v) is 5.48. The molecule has 10 heteroatoms. The maximum absolute atomic E-state index is 14.4. The van der Waals surface area contributed by atoms with Crippen molar-refractivity contribution in [1.29, 1.82) is 0 Å². The molecule has 0 saturated carbocycles. The van der Waals surface area contributed by atoms with Crippen LogP contribution >= 0.6 is 0 Å². The molecule has 32 heavy (non-hydrogen) atoms. The maximum Gasteiger partial charge on any atom is 0.330 e. The molecule has 9 nitrogen and oxygen atoms in total. The molecule has 0 aliphatic carbocycles. The second-order valence-electron chi connectivity index (χ2n) is 7.76. The van der Waals surface area contributed by atoms with E-state index in [2.05, 4.69) is 15.5 Å². The molecule has 4 rings (SSSR count). The van der Waals surface area contributed by atoms with Gasteiger partial charge in [0.1, 0.15) is 11.6 Å². The van der Waals surface area contributed by atoms with Gasteiger partial charge in [-0.2, -0.15) is 0 Å². The summed E-state index contributed by atoms with van der Waals surface area (Å²) in [6.07, 6.45) is 7.82. The molecule has 166 valence electrons. The number of aromatic nitrogens is 5. The van der Waals surface area contributed by atoms with Crippen molar-refractivity contribution in [3.8, 4) is 11.4 Å². The number of hydrogen-bond acceptors (Lipinski definition) is 5. The summed E-state index contributed by atoms with van der Waals surface area (Å²) in [5.41, 5.74) is -0.195. The first-order valence-electron chi connectivity index (χ1n) is 10.3. The smallest absolute Gasteiger partial charge is 0.320 e. The van der Waals surface area contributed by atoms with Gasteiger partial charge in [-0.1, -0.05) is 6.42 Å². The number of fused-ring (bicyclic) bond motifs is 1. The van der Waals surface area contributed by atoms with Crippen LogP contribution in [0.25, 0.3) is 17.5 Å². The van der Waals surface area contributed by atoms with Crippen LogP contribution in [-0.4, -0.2) is 29.8 Å². The van der Waals surface area contributed by atoms with Crippen LogP contribution in [-0.2, 0) is 31.9 Å².